The molecule has 0 bridgehead atoms. The normalized spacial score (nSPS) is 18.7. The summed E-state index contributed by atoms with van der Waals surface area (Å²) >= 11 is 0. The molecule has 3 nitrogen and oxygen atoms in total. The summed E-state index contributed by atoms with van der Waals surface area (Å²) in [5.41, 5.74) is 0.875. The van der Waals surface area contributed by atoms with Crippen molar-refractivity contribution in [3.05, 3.63) is 29.7 Å². The Hall–Kier alpha value is -2.07. The van der Waals surface area contributed by atoms with E-state index in [0.29, 0.717) is 17.7 Å². The fraction of sp³-hybridized carbons (Fsp3) is 0.438. The number of hydrogen-bond acceptors (Lipinski definition) is 2. The second kappa shape index (κ2) is 6.20. The molecule has 0 radical (unpaired) electrons. The van der Waals surface area contributed by atoms with E-state index >= 15 is 0 Å². The summed E-state index contributed by atoms with van der Waals surface area (Å²) in [7, 11) is 0. The third-order valence-electron chi connectivity index (χ3n) is 3.61. The smallest absolute Gasteiger partial charge is 0.356 e. The number of hydrogen-bond donors (Lipinski definition) is 0. The second-order valence-electron chi connectivity index (χ2n) is 5.38. The fourth-order valence-electron chi connectivity index (χ4n) is 2.56. The zero-order valence-electron chi connectivity index (χ0n) is 12.2. The Morgan fingerprint density at radius 1 is 1.30 bits per heavy atom. The van der Waals surface area contributed by atoms with Gasteiger partial charge in [-0.05, 0) is 37.5 Å². The Morgan fingerprint density at radius 2 is 2.13 bits per heavy atom. The van der Waals surface area contributed by atoms with Crippen LogP contribution in [0.15, 0.2) is 18.2 Å². The number of fused-ring (bicyclic) bond motifs is 1. The minimum atomic E-state index is -4.33. The van der Waals surface area contributed by atoms with Crippen LogP contribution in [-0.4, -0.2) is 22.6 Å². The Morgan fingerprint density at radius 3 is 2.83 bits per heavy atom. The molecule has 1 saturated heterocycles. The van der Waals surface area contributed by atoms with E-state index in [1.54, 1.807) is 12.1 Å². The predicted molar refractivity (Wildman–Crippen MR) is 76.1 cm³/mol. The summed E-state index contributed by atoms with van der Waals surface area (Å²) in [6.07, 6.45) is -3.12. The van der Waals surface area contributed by atoms with E-state index in [9.17, 15) is 17.6 Å². The van der Waals surface area contributed by atoms with Crippen LogP contribution in [0.2, 0.25) is 0 Å². The third kappa shape index (κ3) is 3.64. The first kappa shape index (κ1) is 15.8. The van der Waals surface area contributed by atoms with Crippen LogP contribution in [-0.2, 0) is 4.74 Å². The maximum Gasteiger partial charge on any atom is 0.399 e. The SMILES string of the molecule is Fc1nn(C2CCCCO2)c2ccc(C#CCC(F)(F)F)cc12. The first-order valence-electron chi connectivity index (χ1n) is 7.29. The highest BCUT2D eigenvalue weighted by Gasteiger charge is 2.25. The van der Waals surface area contributed by atoms with Crippen LogP contribution in [0.5, 0.6) is 0 Å². The summed E-state index contributed by atoms with van der Waals surface area (Å²) in [6.45, 7) is 0.606. The van der Waals surface area contributed by atoms with E-state index in [1.807, 2.05) is 5.92 Å². The van der Waals surface area contributed by atoms with E-state index in [0.717, 1.165) is 19.3 Å². The first-order valence-corrected chi connectivity index (χ1v) is 7.29. The summed E-state index contributed by atoms with van der Waals surface area (Å²) in [6, 6.07) is 4.59. The highest BCUT2D eigenvalue weighted by atomic mass is 19.4. The molecule has 122 valence electrons. The van der Waals surface area contributed by atoms with Gasteiger partial charge in [-0.3, -0.25) is 0 Å². The van der Waals surface area contributed by atoms with Crippen molar-refractivity contribution >= 4 is 10.9 Å². The van der Waals surface area contributed by atoms with Crippen LogP contribution in [0.1, 0.15) is 37.5 Å². The summed E-state index contributed by atoms with van der Waals surface area (Å²) in [4.78, 5) is 0. The van der Waals surface area contributed by atoms with Crippen molar-refractivity contribution in [1.82, 2.24) is 9.78 Å². The molecule has 1 aliphatic rings. The van der Waals surface area contributed by atoms with Crippen LogP contribution >= 0.6 is 0 Å². The average molecular weight is 326 g/mol. The van der Waals surface area contributed by atoms with Crippen LogP contribution < -0.4 is 0 Å². The Balaban J connectivity index is 1.90. The summed E-state index contributed by atoms with van der Waals surface area (Å²) in [5.74, 6) is 3.78. The second-order valence-corrected chi connectivity index (χ2v) is 5.38. The van der Waals surface area contributed by atoms with Gasteiger partial charge < -0.3 is 4.74 Å². The molecule has 0 N–H and O–H groups in total. The number of nitrogens with zero attached hydrogens (tertiary/aromatic N) is 2. The molecule has 7 heteroatoms. The molecule has 1 aliphatic heterocycles. The number of alkyl halides is 3. The van der Waals surface area contributed by atoms with Gasteiger partial charge >= 0.3 is 6.18 Å². The van der Waals surface area contributed by atoms with Crippen molar-refractivity contribution < 1.29 is 22.3 Å². The Labute approximate surface area is 130 Å². The summed E-state index contributed by atoms with van der Waals surface area (Å²) < 4.78 is 57.4. The van der Waals surface area contributed by atoms with Crippen molar-refractivity contribution in [3.63, 3.8) is 0 Å². The van der Waals surface area contributed by atoms with Gasteiger partial charge in [0.25, 0.3) is 0 Å². The van der Waals surface area contributed by atoms with Gasteiger partial charge in [-0.2, -0.15) is 17.6 Å². The molecule has 2 aromatic rings. The molecule has 1 aromatic heterocycles. The minimum Gasteiger partial charge on any atom is -0.356 e. The molecular weight excluding hydrogens is 312 g/mol. The quantitative estimate of drug-likeness (QED) is 0.581. The number of rotatable bonds is 1. The lowest BCUT2D eigenvalue weighted by atomic mass is 10.1. The standard InChI is InChI=1S/C16H14F4N2O/c17-15-12-10-11(4-3-8-16(18,19)20)6-7-13(12)22(21-15)14-5-1-2-9-23-14/h6-7,10,14H,1-2,5,8-9H2. The molecule has 0 amide bonds. The zero-order valence-corrected chi connectivity index (χ0v) is 12.2. The van der Waals surface area contributed by atoms with Crippen molar-refractivity contribution in [2.45, 2.75) is 38.1 Å². The number of aromatic nitrogens is 2. The number of halogens is 4. The lowest BCUT2D eigenvalue weighted by Crippen LogP contribution is -2.19. The molecule has 1 fully saturated rings. The topological polar surface area (TPSA) is 27.1 Å². The third-order valence-corrected chi connectivity index (χ3v) is 3.61. The molecule has 1 atom stereocenters. The molecule has 0 aliphatic carbocycles. The van der Waals surface area contributed by atoms with E-state index in [-0.39, 0.29) is 11.6 Å². The van der Waals surface area contributed by atoms with Crippen molar-refractivity contribution in [2.24, 2.45) is 0 Å². The van der Waals surface area contributed by atoms with Crippen molar-refractivity contribution in [1.29, 1.82) is 0 Å². The molecule has 2 heterocycles. The summed E-state index contributed by atoms with van der Waals surface area (Å²) in [5, 5.41) is 4.11. The predicted octanol–water partition coefficient (Wildman–Crippen LogP) is 4.18. The average Bonchev–Trinajstić information content (AvgIpc) is 2.84. The lowest BCUT2D eigenvalue weighted by Gasteiger charge is -2.23. The minimum absolute atomic E-state index is 0.234. The van der Waals surface area contributed by atoms with Gasteiger partial charge in [0.1, 0.15) is 6.42 Å². The molecule has 1 aromatic carbocycles. The maximum atomic E-state index is 14.0. The van der Waals surface area contributed by atoms with Gasteiger partial charge in [-0.15, -0.1) is 5.10 Å². The van der Waals surface area contributed by atoms with Crippen LogP contribution in [0, 0.1) is 17.8 Å². The molecule has 23 heavy (non-hydrogen) atoms. The fourth-order valence-corrected chi connectivity index (χ4v) is 2.56. The van der Waals surface area contributed by atoms with Gasteiger partial charge in [-0.1, -0.05) is 11.8 Å². The van der Waals surface area contributed by atoms with E-state index < -0.39 is 18.5 Å². The van der Waals surface area contributed by atoms with Crippen molar-refractivity contribution in [3.8, 4) is 11.8 Å². The molecule has 0 spiro atoms. The Kier molecular flexibility index (Phi) is 4.26. The van der Waals surface area contributed by atoms with Crippen molar-refractivity contribution in [2.75, 3.05) is 6.61 Å². The maximum absolute atomic E-state index is 14.0. The first-order chi connectivity index (χ1) is 10.9. The zero-order chi connectivity index (χ0) is 16.4. The van der Waals surface area contributed by atoms with E-state index in [4.69, 9.17) is 4.74 Å². The Bertz CT molecular complexity index is 764. The monoisotopic (exact) mass is 326 g/mol. The highest BCUT2D eigenvalue weighted by molar-refractivity contribution is 5.81. The number of benzene rings is 1. The van der Waals surface area contributed by atoms with E-state index in [2.05, 4.69) is 11.0 Å². The molecule has 3 rings (SSSR count). The van der Waals surface area contributed by atoms with Crippen LogP contribution in [0.4, 0.5) is 17.6 Å². The molecule has 1 unspecified atom stereocenters. The van der Waals surface area contributed by atoms with Gasteiger partial charge in [-0.25, -0.2) is 4.68 Å². The lowest BCUT2D eigenvalue weighted by molar-refractivity contribution is -0.123. The number of ether oxygens (including phenoxy) is 1. The van der Waals surface area contributed by atoms with Gasteiger partial charge in [0.05, 0.1) is 10.9 Å². The largest absolute Gasteiger partial charge is 0.399 e. The molecule has 0 saturated carbocycles. The van der Waals surface area contributed by atoms with Gasteiger partial charge in [0.15, 0.2) is 6.23 Å². The van der Waals surface area contributed by atoms with Crippen LogP contribution in [0.3, 0.4) is 0 Å². The highest BCUT2D eigenvalue weighted by Crippen LogP contribution is 2.28. The van der Waals surface area contributed by atoms with E-state index in [1.165, 1.54) is 10.7 Å². The van der Waals surface area contributed by atoms with Gasteiger partial charge in [0, 0.05) is 12.2 Å². The van der Waals surface area contributed by atoms with Gasteiger partial charge in [0.2, 0.25) is 5.95 Å². The molecular formula is C16H14F4N2O. The van der Waals surface area contributed by atoms with Crippen LogP contribution in [0.25, 0.3) is 10.9 Å².